The molecule has 0 bridgehead atoms. The second-order valence-electron chi connectivity index (χ2n) is 4.51. The highest BCUT2D eigenvalue weighted by Crippen LogP contribution is 2.27. The summed E-state index contributed by atoms with van der Waals surface area (Å²) >= 11 is 0. The fourth-order valence-electron chi connectivity index (χ4n) is 2.33. The smallest absolute Gasteiger partial charge is 0.334 e. The molecule has 0 radical (unpaired) electrons. The molecule has 106 valence electrons. The van der Waals surface area contributed by atoms with Crippen molar-refractivity contribution in [2.24, 2.45) is 0 Å². The quantitative estimate of drug-likeness (QED) is 0.673. The van der Waals surface area contributed by atoms with E-state index in [1.54, 1.807) is 0 Å². The Morgan fingerprint density at radius 3 is 2.40 bits per heavy atom. The van der Waals surface area contributed by atoms with Gasteiger partial charge < -0.3 is 5.73 Å². The molecular formula is C12H16N6O2. The third-order valence-corrected chi connectivity index (χ3v) is 3.24. The van der Waals surface area contributed by atoms with E-state index in [1.807, 2.05) is 20.8 Å². The molecule has 8 heteroatoms. The Balaban J connectivity index is 2.79. The van der Waals surface area contributed by atoms with Gasteiger partial charge >= 0.3 is 5.69 Å². The number of nitrogen functional groups attached to an aromatic ring is 1. The van der Waals surface area contributed by atoms with E-state index in [4.69, 9.17) is 5.73 Å². The SMILES string of the molecule is CCc1c(C)nn(-c2nc(N)nc(C)c2[N+](=O)[O-])c1C. The third kappa shape index (κ3) is 2.09. The first-order valence-electron chi connectivity index (χ1n) is 6.20. The van der Waals surface area contributed by atoms with Gasteiger partial charge in [-0.3, -0.25) is 10.1 Å². The molecular weight excluding hydrogens is 260 g/mol. The van der Waals surface area contributed by atoms with Crippen molar-refractivity contribution in [1.82, 2.24) is 19.7 Å². The molecule has 2 N–H and O–H groups in total. The number of aryl methyl sites for hydroxylation is 2. The number of hydrogen-bond donors (Lipinski definition) is 1. The number of hydrogen-bond acceptors (Lipinski definition) is 6. The molecule has 0 atom stereocenters. The van der Waals surface area contributed by atoms with Crippen LogP contribution in [0.5, 0.6) is 0 Å². The maximum atomic E-state index is 11.2. The summed E-state index contributed by atoms with van der Waals surface area (Å²) in [7, 11) is 0. The van der Waals surface area contributed by atoms with Gasteiger partial charge in [-0.15, -0.1) is 0 Å². The molecule has 2 heterocycles. The normalized spacial score (nSPS) is 10.8. The summed E-state index contributed by atoms with van der Waals surface area (Å²) in [5.74, 6) is 0.106. The molecule has 0 aliphatic carbocycles. The molecule has 0 aromatic carbocycles. The second kappa shape index (κ2) is 4.87. The van der Waals surface area contributed by atoms with Crippen LogP contribution in [-0.2, 0) is 6.42 Å². The molecule has 2 aromatic heterocycles. The predicted molar refractivity (Wildman–Crippen MR) is 73.8 cm³/mol. The van der Waals surface area contributed by atoms with Gasteiger partial charge in [0.05, 0.1) is 10.6 Å². The molecule has 0 saturated heterocycles. The fraction of sp³-hybridized carbons (Fsp3) is 0.417. The van der Waals surface area contributed by atoms with Crippen molar-refractivity contribution in [2.75, 3.05) is 5.73 Å². The number of nitro groups is 1. The topological polar surface area (TPSA) is 113 Å². The average Bonchev–Trinajstić information content (AvgIpc) is 2.62. The standard InChI is InChI=1S/C12H16N6O2/c1-5-9-6(2)16-17(8(9)4)11-10(18(19)20)7(3)14-12(13)15-11/h5H2,1-4H3,(H2,13,14,15). The number of nitrogens with two attached hydrogens (primary N) is 1. The van der Waals surface area contributed by atoms with Crippen LogP contribution in [0.25, 0.3) is 5.82 Å². The minimum atomic E-state index is -0.508. The third-order valence-electron chi connectivity index (χ3n) is 3.24. The van der Waals surface area contributed by atoms with Crippen LogP contribution in [0.2, 0.25) is 0 Å². The maximum Gasteiger partial charge on any atom is 0.334 e. The Hall–Kier alpha value is -2.51. The summed E-state index contributed by atoms with van der Waals surface area (Å²) in [6, 6.07) is 0. The fourth-order valence-corrected chi connectivity index (χ4v) is 2.33. The second-order valence-corrected chi connectivity index (χ2v) is 4.51. The number of anilines is 1. The highest BCUT2D eigenvalue weighted by molar-refractivity contribution is 5.53. The van der Waals surface area contributed by atoms with Crippen molar-refractivity contribution >= 4 is 11.6 Å². The summed E-state index contributed by atoms with van der Waals surface area (Å²) in [6.07, 6.45) is 0.797. The largest absolute Gasteiger partial charge is 0.368 e. The Kier molecular flexibility index (Phi) is 3.39. The van der Waals surface area contributed by atoms with Gasteiger partial charge in [0.1, 0.15) is 5.69 Å². The van der Waals surface area contributed by atoms with Crippen molar-refractivity contribution in [3.8, 4) is 5.82 Å². The highest BCUT2D eigenvalue weighted by atomic mass is 16.6. The molecule has 20 heavy (non-hydrogen) atoms. The molecule has 0 fully saturated rings. The molecule has 0 amide bonds. The lowest BCUT2D eigenvalue weighted by molar-refractivity contribution is -0.385. The minimum absolute atomic E-state index is 0.00583. The highest BCUT2D eigenvalue weighted by Gasteiger charge is 2.25. The first-order valence-corrected chi connectivity index (χ1v) is 6.20. The molecule has 0 spiro atoms. The van der Waals surface area contributed by atoms with E-state index in [-0.39, 0.29) is 23.1 Å². The van der Waals surface area contributed by atoms with Crippen LogP contribution in [0.3, 0.4) is 0 Å². The molecule has 0 aliphatic rings. The molecule has 0 saturated carbocycles. The van der Waals surface area contributed by atoms with Crippen molar-refractivity contribution < 1.29 is 4.92 Å². The lowest BCUT2D eigenvalue weighted by Crippen LogP contribution is -2.11. The summed E-state index contributed by atoms with van der Waals surface area (Å²) in [6.45, 7) is 7.27. The number of nitrogens with zero attached hydrogens (tertiary/aromatic N) is 5. The van der Waals surface area contributed by atoms with Gasteiger partial charge in [-0.2, -0.15) is 10.1 Å². The van der Waals surface area contributed by atoms with E-state index >= 15 is 0 Å². The van der Waals surface area contributed by atoms with E-state index in [0.29, 0.717) is 0 Å². The molecule has 0 unspecified atom stereocenters. The Bertz CT molecular complexity index is 692. The Labute approximate surface area is 115 Å². The van der Waals surface area contributed by atoms with Gasteiger partial charge in [0.25, 0.3) is 0 Å². The Morgan fingerprint density at radius 2 is 1.90 bits per heavy atom. The monoisotopic (exact) mass is 276 g/mol. The summed E-state index contributed by atoms with van der Waals surface area (Å²) < 4.78 is 1.47. The number of aromatic nitrogens is 4. The van der Waals surface area contributed by atoms with Crippen LogP contribution in [0.4, 0.5) is 11.6 Å². The van der Waals surface area contributed by atoms with E-state index in [0.717, 1.165) is 23.4 Å². The van der Waals surface area contributed by atoms with E-state index in [9.17, 15) is 10.1 Å². The van der Waals surface area contributed by atoms with E-state index in [2.05, 4.69) is 15.1 Å². The van der Waals surface area contributed by atoms with Gasteiger partial charge in [0.15, 0.2) is 0 Å². The molecule has 2 aromatic rings. The van der Waals surface area contributed by atoms with Crippen LogP contribution in [0.15, 0.2) is 0 Å². The van der Waals surface area contributed by atoms with Crippen LogP contribution < -0.4 is 5.73 Å². The van der Waals surface area contributed by atoms with Crippen molar-refractivity contribution in [1.29, 1.82) is 0 Å². The van der Waals surface area contributed by atoms with Gasteiger partial charge in [0, 0.05) is 5.69 Å². The predicted octanol–water partition coefficient (Wildman–Crippen LogP) is 1.64. The number of rotatable bonds is 3. The van der Waals surface area contributed by atoms with Crippen LogP contribution in [-0.4, -0.2) is 24.7 Å². The lowest BCUT2D eigenvalue weighted by Gasteiger charge is -2.07. The van der Waals surface area contributed by atoms with Gasteiger partial charge in [0.2, 0.25) is 11.8 Å². The van der Waals surface area contributed by atoms with E-state index in [1.165, 1.54) is 11.6 Å². The van der Waals surface area contributed by atoms with Crippen molar-refractivity contribution in [3.63, 3.8) is 0 Å². The van der Waals surface area contributed by atoms with Gasteiger partial charge in [-0.25, -0.2) is 9.67 Å². The summed E-state index contributed by atoms with van der Waals surface area (Å²) in [5, 5.41) is 15.6. The van der Waals surface area contributed by atoms with Crippen LogP contribution in [0.1, 0.15) is 29.6 Å². The van der Waals surface area contributed by atoms with E-state index < -0.39 is 4.92 Å². The first kappa shape index (κ1) is 13.9. The van der Waals surface area contributed by atoms with Crippen LogP contribution >= 0.6 is 0 Å². The maximum absolute atomic E-state index is 11.2. The average molecular weight is 276 g/mol. The Morgan fingerprint density at radius 1 is 1.25 bits per heavy atom. The lowest BCUT2D eigenvalue weighted by atomic mass is 10.1. The molecule has 8 nitrogen and oxygen atoms in total. The molecule has 0 aliphatic heterocycles. The van der Waals surface area contributed by atoms with Gasteiger partial charge in [-0.1, -0.05) is 6.92 Å². The first-order chi connectivity index (χ1) is 9.36. The molecule has 2 rings (SSSR count). The summed E-state index contributed by atoms with van der Waals surface area (Å²) in [5.41, 5.74) is 8.36. The minimum Gasteiger partial charge on any atom is -0.368 e. The van der Waals surface area contributed by atoms with Crippen LogP contribution in [0, 0.1) is 30.9 Å². The van der Waals surface area contributed by atoms with Crippen molar-refractivity contribution in [2.45, 2.75) is 34.1 Å². The van der Waals surface area contributed by atoms with Crippen molar-refractivity contribution in [3.05, 3.63) is 32.8 Å². The zero-order valence-electron chi connectivity index (χ0n) is 11.8. The zero-order chi connectivity index (χ0) is 15.0. The zero-order valence-corrected chi connectivity index (χ0v) is 11.8. The summed E-state index contributed by atoms with van der Waals surface area (Å²) in [4.78, 5) is 18.6. The van der Waals surface area contributed by atoms with Gasteiger partial charge in [-0.05, 0) is 32.8 Å².